The van der Waals surface area contributed by atoms with Crippen LogP contribution in [0.5, 0.6) is 0 Å². The predicted molar refractivity (Wildman–Crippen MR) is 84.5 cm³/mol. The van der Waals surface area contributed by atoms with Gasteiger partial charge in [0.2, 0.25) is 5.78 Å². The fourth-order valence-electron chi connectivity index (χ4n) is 3.04. The summed E-state index contributed by atoms with van der Waals surface area (Å²) >= 11 is 0. The summed E-state index contributed by atoms with van der Waals surface area (Å²) in [4.78, 5) is 37.3. The van der Waals surface area contributed by atoms with Crippen molar-refractivity contribution in [2.45, 2.75) is 78.2 Å². The number of aliphatic carboxylic acids is 1. The van der Waals surface area contributed by atoms with Crippen molar-refractivity contribution in [3.05, 3.63) is 0 Å². The molecule has 1 unspecified atom stereocenters. The van der Waals surface area contributed by atoms with E-state index in [0.29, 0.717) is 19.4 Å². The Morgan fingerprint density at radius 2 is 1.91 bits per heavy atom. The van der Waals surface area contributed by atoms with Gasteiger partial charge >= 0.3 is 5.97 Å². The van der Waals surface area contributed by atoms with Crippen molar-refractivity contribution >= 4 is 17.7 Å². The molecule has 1 aliphatic heterocycles. The molecular formula is C17H29NO4. The molecule has 22 heavy (non-hydrogen) atoms. The van der Waals surface area contributed by atoms with Gasteiger partial charge in [0.1, 0.15) is 0 Å². The van der Waals surface area contributed by atoms with Crippen LogP contribution in [0.4, 0.5) is 0 Å². The second-order valence-electron chi connectivity index (χ2n) is 6.90. The Balaban J connectivity index is 2.62. The molecule has 5 heteroatoms. The average Bonchev–Trinajstić information content (AvgIpc) is 2.91. The summed E-state index contributed by atoms with van der Waals surface area (Å²) in [6.45, 7) is 6.38. The number of carboxylic acids is 1. The number of Topliss-reactive ketones (excluding diaryl/α,β-unsaturated/α-hetero) is 1. The van der Waals surface area contributed by atoms with E-state index in [1.807, 2.05) is 13.8 Å². The lowest BCUT2D eigenvalue weighted by molar-refractivity contribution is -0.150. The van der Waals surface area contributed by atoms with E-state index in [9.17, 15) is 14.4 Å². The van der Waals surface area contributed by atoms with E-state index in [1.165, 1.54) is 0 Å². The third-order valence-electron chi connectivity index (χ3n) is 4.53. The van der Waals surface area contributed by atoms with Crippen LogP contribution < -0.4 is 0 Å². The van der Waals surface area contributed by atoms with Gasteiger partial charge in [0, 0.05) is 24.4 Å². The summed E-state index contributed by atoms with van der Waals surface area (Å²) < 4.78 is 0. The zero-order chi connectivity index (χ0) is 16.8. The van der Waals surface area contributed by atoms with Gasteiger partial charge in [-0.3, -0.25) is 14.4 Å². The molecule has 1 atom stereocenters. The molecule has 5 nitrogen and oxygen atoms in total. The Bertz CT molecular complexity index is 417. The van der Waals surface area contributed by atoms with Crippen molar-refractivity contribution in [2.75, 3.05) is 6.54 Å². The molecule has 0 bridgehead atoms. The van der Waals surface area contributed by atoms with Crippen molar-refractivity contribution in [3.8, 4) is 0 Å². The quantitative estimate of drug-likeness (QED) is 0.664. The lowest BCUT2D eigenvalue weighted by atomic mass is 9.82. The molecule has 0 radical (unpaired) electrons. The molecule has 1 rings (SSSR count). The molecule has 1 amide bonds. The molecule has 1 fully saturated rings. The Morgan fingerprint density at radius 3 is 2.50 bits per heavy atom. The number of unbranched alkanes of at least 4 members (excludes halogenated alkanes) is 1. The molecule has 0 aromatic carbocycles. The zero-order valence-electron chi connectivity index (χ0n) is 14.1. The van der Waals surface area contributed by atoms with E-state index in [2.05, 4.69) is 6.92 Å². The summed E-state index contributed by atoms with van der Waals surface area (Å²) in [5, 5.41) is 8.71. The van der Waals surface area contributed by atoms with Crippen LogP contribution in [0.15, 0.2) is 0 Å². The molecule has 1 saturated heterocycles. The highest BCUT2D eigenvalue weighted by Gasteiger charge is 2.38. The summed E-state index contributed by atoms with van der Waals surface area (Å²) in [5.74, 6) is -1.49. The van der Waals surface area contributed by atoms with E-state index in [4.69, 9.17) is 5.11 Å². The van der Waals surface area contributed by atoms with Gasteiger partial charge in [0.15, 0.2) is 0 Å². The molecule has 0 saturated carbocycles. The van der Waals surface area contributed by atoms with E-state index in [-0.39, 0.29) is 24.2 Å². The number of carbonyl (C=O) groups excluding carboxylic acids is 2. The van der Waals surface area contributed by atoms with Crippen molar-refractivity contribution in [3.63, 3.8) is 0 Å². The Labute approximate surface area is 133 Å². The Hall–Kier alpha value is -1.39. The summed E-state index contributed by atoms with van der Waals surface area (Å²) in [6.07, 6.45) is 5.78. The van der Waals surface area contributed by atoms with Gasteiger partial charge in [-0.05, 0) is 32.1 Å². The first-order valence-corrected chi connectivity index (χ1v) is 8.36. The van der Waals surface area contributed by atoms with Gasteiger partial charge < -0.3 is 10.0 Å². The SMILES string of the molecule is CCCCC(C)(C)C(=O)C(=O)N1CCCC1CCCC(=O)O. The first-order valence-electron chi connectivity index (χ1n) is 8.36. The summed E-state index contributed by atoms with van der Waals surface area (Å²) in [5.41, 5.74) is -0.610. The molecule has 0 aromatic rings. The number of rotatable bonds is 9. The monoisotopic (exact) mass is 311 g/mol. The van der Waals surface area contributed by atoms with Crippen molar-refractivity contribution in [2.24, 2.45) is 5.41 Å². The number of likely N-dealkylation sites (tertiary alicyclic amines) is 1. The molecule has 126 valence electrons. The van der Waals surface area contributed by atoms with Crippen LogP contribution in [0.25, 0.3) is 0 Å². The fourth-order valence-corrected chi connectivity index (χ4v) is 3.04. The summed E-state index contributed by atoms with van der Waals surface area (Å²) in [7, 11) is 0. The standard InChI is InChI=1S/C17H29NO4/c1-4-5-11-17(2,3)15(21)16(22)18-12-7-9-13(18)8-6-10-14(19)20/h13H,4-12H2,1-3H3,(H,19,20). The van der Waals surface area contributed by atoms with Crippen LogP contribution in [0.1, 0.15) is 72.1 Å². The smallest absolute Gasteiger partial charge is 0.303 e. The maximum Gasteiger partial charge on any atom is 0.303 e. The van der Waals surface area contributed by atoms with Crippen LogP contribution in [-0.4, -0.2) is 40.3 Å². The minimum absolute atomic E-state index is 0.0257. The maximum atomic E-state index is 12.5. The van der Waals surface area contributed by atoms with E-state index in [1.54, 1.807) is 4.90 Å². The first kappa shape index (κ1) is 18.7. The summed E-state index contributed by atoms with van der Waals surface area (Å²) in [6, 6.07) is 0.0257. The highest BCUT2D eigenvalue weighted by molar-refractivity contribution is 6.38. The highest BCUT2D eigenvalue weighted by atomic mass is 16.4. The van der Waals surface area contributed by atoms with E-state index in [0.717, 1.165) is 32.1 Å². The van der Waals surface area contributed by atoms with Gasteiger partial charge in [-0.1, -0.05) is 33.6 Å². The van der Waals surface area contributed by atoms with Gasteiger partial charge in [-0.25, -0.2) is 0 Å². The lowest BCUT2D eigenvalue weighted by Crippen LogP contribution is -2.45. The zero-order valence-corrected chi connectivity index (χ0v) is 14.1. The Morgan fingerprint density at radius 1 is 1.23 bits per heavy atom. The normalized spacial score (nSPS) is 18.5. The van der Waals surface area contributed by atoms with Gasteiger partial charge in [0.05, 0.1) is 0 Å². The highest BCUT2D eigenvalue weighted by Crippen LogP contribution is 2.28. The molecule has 0 aliphatic carbocycles. The predicted octanol–water partition coefficient (Wildman–Crippen LogP) is 3.02. The minimum atomic E-state index is -0.812. The molecule has 0 spiro atoms. The van der Waals surface area contributed by atoms with Crippen LogP contribution in [-0.2, 0) is 14.4 Å². The first-order chi connectivity index (χ1) is 10.3. The number of hydrogen-bond donors (Lipinski definition) is 1. The number of carboxylic acid groups (broad SMARTS) is 1. The topological polar surface area (TPSA) is 74.7 Å². The van der Waals surface area contributed by atoms with Crippen molar-refractivity contribution < 1.29 is 19.5 Å². The maximum absolute atomic E-state index is 12.5. The number of carbonyl (C=O) groups is 3. The third-order valence-corrected chi connectivity index (χ3v) is 4.53. The van der Waals surface area contributed by atoms with Gasteiger partial charge in [-0.2, -0.15) is 0 Å². The average molecular weight is 311 g/mol. The van der Waals surface area contributed by atoms with Crippen LogP contribution in [0.3, 0.4) is 0 Å². The second-order valence-corrected chi connectivity index (χ2v) is 6.90. The molecular weight excluding hydrogens is 282 g/mol. The Kier molecular flexibility index (Phi) is 7.04. The van der Waals surface area contributed by atoms with E-state index < -0.39 is 11.4 Å². The van der Waals surface area contributed by atoms with Gasteiger partial charge in [-0.15, -0.1) is 0 Å². The molecule has 1 aliphatic rings. The number of hydrogen-bond acceptors (Lipinski definition) is 3. The second kappa shape index (κ2) is 8.30. The molecule has 0 aromatic heterocycles. The number of nitrogens with zero attached hydrogens (tertiary/aromatic N) is 1. The lowest BCUT2D eigenvalue weighted by Gasteiger charge is -2.29. The molecule has 1 N–H and O–H groups in total. The van der Waals surface area contributed by atoms with Crippen LogP contribution >= 0.6 is 0 Å². The van der Waals surface area contributed by atoms with Crippen molar-refractivity contribution in [1.82, 2.24) is 4.90 Å². The molecule has 1 heterocycles. The van der Waals surface area contributed by atoms with Gasteiger partial charge in [0.25, 0.3) is 5.91 Å². The third kappa shape index (κ3) is 5.11. The fraction of sp³-hybridized carbons (Fsp3) is 0.824. The van der Waals surface area contributed by atoms with Crippen LogP contribution in [0.2, 0.25) is 0 Å². The minimum Gasteiger partial charge on any atom is -0.481 e. The largest absolute Gasteiger partial charge is 0.481 e. The van der Waals surface area contributed by atoms with Crippen LogP contribution in [0, 0.1) is 5.41 Å². The van der Waals surface area contributed by atoms with E-state index >= 15 is 0 Å². The number of ketones is 1. The van der Waals surface area contributed by atoms with Crippen molar-refractivity contribution in [1.29, 1.82) is 0 Å². The number of amides is 1.